The standard InChI is InChI=1S/C4H9NO4S2/c1-11(8,9)10-2-3(5)4(6)7/h3H,2,5H2,1H3,(H,6,7)/t3-/m0/s1. The van der Waals surface area contributed by atoms with Crippen molar-refractivity contribution in [2.24, 2.45) is 0 Å². The molecule has 7 heteroatoms. The predicted octanol–water partition coefficient (Wildman–Crippen LogP) is -2.96. The average molecular weight is 199 g/mol. The molecule has 0 saturated heterocycles. The molecule has 0 amide bonds. The summed E-state index contributed by atoms with van der Waals surface area (Å²) in [6, 6.07) is -0.977. The van der Waals surface area contributed by atoms with Crippen LogP contribution < -0.4 is 10.8 Å². The van der Waals surface area contributed by atoms with Crippen molar-refractivity contribution >= 4 is 25.6 Å². The summed E-state index contributed by atoms with van der Waals surface area (Å²) in [6.07, 6.45) is 1.01. The molecule has 11 heavy (non-hydrogen) atoms. The second-order valence-electron chi connectivity index (χ2n) is 2.00. The maximum Gasteiger partial charge on any atom is 0.198 e. The van der Waals surface area contributed by atoms with Gasteiger partial charge in [0.15, 0.2) is 8.87 Å². The zero-order valence-electron chi connectivity index (χ0n) is 5.94. The molecule has 0 aromatic heterocycles. The monoisotopic (exact) mass is 199 g/mol. The molecule has 0 saturated carbocycles. The lowest BCUT2D eigenvalue weighted by Crippen LogP contribution is -2.69. The zero-order valence-corrected chi connectivity index (χ0v) is 7.57. The quantitative estimate of drug-likeness (QED) is 0.487. The van der Waals surface area contributed by atoms with Gasteiger partial charge < -0.3 is 15.6 Å². The van der Waals surface area contributed by atoms with Crippen molar-refractivity contribution in [2.75, 3.05) is 12.0 Å². The third-order valence-corrected chi connectivity index (χ3v) is 3.48. The molecule has 0 spiro atoms. The summed E-state index contributed by atoms with van der Waals surface area (Å²) < 4.78 is 21.0. The molecule has 0 aromatic carbocycles. The molecule has 0 heterocycles. The van der Waals surface area contributed by atoms with Gasteiger partial charge in [-0.1, -0.05) is 0 Å². The lowest BCUT2D eigenvalue weighted by Gasteiger charge is -2.06. The highest BCUT2D eigenvalue weighted by atomic mass is 33.1. The molecule has 0 aliphatic carbocycles. The second kappa shape index (κ2) is 3.93. The molecular weight excluding hydrogens is 190 g/mol. The molecule has 66 valence electrons. The summed E-state index contributed by atoms with van der Waals surface area (Å²) in [6.45, 7) is 0. The number of carboxylic acids is 1. The van der Waals surface area contributed by atoms with Gasteiger partial charge in [0.05, 0.1) is 11.7 Å². The number of carbonyl (C=O) groups excluding carboxylic acids is 1. The van der Waals surface area contributed by atoms with Crippen LogP contribution in [0.2, 0.25) is 0 Å². The zero-order chi connectivity index (χ0) is 9.07. The minimum Gasteiger partial charge on any atom is -0.544 e. The van der Waals surface area contributed by atoms with Crippen LogP contribution in [0.4, 0.5) is 0 Å². The summed E-state index contributed by atoms with van der Waals surface area (Å²) in [5.41, 5.74) is 3.19. The Morgan fingerprint density at radius 1 is 1.73 bits per heavy atom. The smallest absolute Gasteiger partial charge is 0.198 e. The maximum atomic E-state index is 10.5. The van der Waals surface area contributed by atoms with Crippen LogP contribution in [-0.4, -0.2) is 32.4 Å². The number of carbonyl (C=O) groups is 1. The molecule has 0 bridgehead atoms. The van der Waals surface area contributed by atoms with Crippen molar-refractivity contribution in [3.05, 3.63) is 0 Å². The Hall–Kier alpha value is -0.270. The van der Waals surface area contributed by atoms with Gasteiger partial charge in [0.2, 0.25) is 0 Å². The first-order valence-electron chi connectivity index (χ1n) is 2.71. The van der Waals surface area contributed by atoms with Gasteiger partial charge in [-0.3, -0.25) is 0 Å². The Balaban J connectivity index is 3.82. The van der Waals surface area contributed by atoms with E-state index in [1.54, 1.807) is 0 Å². The molecule has 0 aromatic rings. The highest BCUT2D eigenvalue weighted by Gasteiger charge is 2.11. The number of rotatable bonds is 4. The van der Waals surface area contributed by atoms with Gasteiger partial charge in [-0.05, 0) is 10.8 Å². The van der Waals surface area contributed by atoms with Gasteiger partial charge in [0, 0.05) is 6.26 Å². The SMILES string of the molecule is CS(=O)(=O)SC[C@H]([NH3+])C(=O)[O-]. The summed E-state index contributed by atoms with van der Waals surface area (Å²) in [7, 11) is -2.61. The Morgan fingerprint density at radius 3 is 2.45 bits per heavy atom. The van der Waals surface area contributed by atoms with E-state index in [0.717, 1.165) is 6.26 Å². The molecule has 0 rings (SSSR count). The lowest BCUT2D eigenvalue weighted by molar-refractivity contribution is -0.431. The molecule has 0 fully saturated rings. The maximum absolute atomic E-state index is 10.5. The van der Waals surface area contributed by atoms with Gasteiger partial charge in [-0.25, -0.2) is 8.42 Å². The van der Waals surface area contributed by atoms with Crippen molar-refractivity contribution in [2.45, 2.75) is 6.04 Å². The number of hydrogen-bond acceptors (Lipinski definition) is 5. The minimum atomic E-state index is -3.17. The van der Waals surface area contributed by atoms with E-state index in [1.165, 1.54) is 0 Å². The largest absolute Gasteiger partial charge is 0.544 e. The van der Waals surface area contributed by atoms with Crippen LogP contribution >= 0.6 is 10.8 Å². The van der Waals surface area contributed by atoms with Gasteiger partial charge in [0.25, 0.3) is 0 Å². The molecule has 0 aliphatic rings. The summed E-state index contributed by atoms with van der Waals surface area (Å²) in [5.74, 6) is -1.40. The first kappa shape index (κ1) is 10.7. The van der Waals surface area contributed by atoms with Gasteiger partial charge in [-0.15, -0.1) is 0 Å². The molecule has 3 N–H and O–H groups in total. The Labute approximate surface area is 68.3 Å². The third-order valence-electron chi connectivity index (χ3n) is 0.817. The van der Waals surface area contributed by atoms with E-state index in [4.69, 9.17) is 0 Å². The topological polar surface area (TPSA) is 102 Å². The van der Waals surface area contributed by atoms with E-state index < -0.39 is 20.9 Å². The summed E-state index contributed by atoms with van der Waals surface area (Å²) in [4.78, 5) is 10.0. The van der Waals surface area contributed by atoms with Gasteiger partial charge >= 0.3 is 0 Å². The number of aliphatic carboxylic acids is 1. The van der Waals surface area contributed by atoms with Gasteiger partial charge in [0.1, 0.15) is 6.04 Å². The van der Waals surface area contributed by atoms with Crippen LogP contribution in [-0.2, 0) is 13.7 Å². The highest BCUT2D eigenvalue weighted by Crippen LogP contribution is 2.08. The Morgan fingerprint density at radius 2 is 2.18 bits per heavy atom. The van der Waals surface area contributed by atoms with Crippen LogP contribution in [0.3, 0.4) is 0 Å². The van der Waals surface area contributed by atoms with Crippen molar-refractivity contribution in [1.82, 2.24) is 0 Å². The number of quaternary nitrogens is 1. The van der Waals surface area contributed by atoms with E-state index in [-0.39, 0.29) is 5.75 Å². The summed E-state index contributed by atoms with van der Waals surface area (Å²) in [5, 5.41) is 10.0. The van der Waals surface area contributed by atoms with Crippen LogP contribution in [0.25, 0.3) is 0 Å². The number of carboxylic acid groups (broad SMARTS) is 1. The first-order chi connectivity index (χ1) is 4.83. The fourth-order valence-corrected chi connectivity index (χ4v) is 2.06. The van der Waals surface area contributed by atoms with Crippen molar-refractivity contribution in [1.29, 1.82) is 0 Å². The van der Waals surface area contributed by atoms with Crippen LogP contribution in [0.15, 0.2) is 0 Å². The van der Waals surface area contributed by atoms with Crippen LogP contribution in [0, 0.1) is 0 Å². The van der Waals surface area contributed by atoms with E-state index in [9.17, 15) is 18.3 Å². The van der Waals surface area contributed by atoms with Crippen molar-refractivity contribution < 1.29 is 24.1 Å². The Kier molecular flexibility index (Phi) is 3.84. The highest BCUT2D eigenvalue weighted by molar-refractivity contribution is 8.71. The molecule has 1 atom stereocenters. The molecule has 5 nitrogen and oxygen atoms in total. The summed E-state index contributed by atoms with van der Waals surface area (Å²) >= 11 is 0. The van der Waals surface area contributed by atoms with E-state index in [0.29, 0.717) is 10.8 Å². The fraction of sp³-hybridized carbons (Fsp3) is 0.750. The first-order valence-corrected chi connectivity index (χ1v) is 6.10. The molecule has 0 radical (unpaired) electrons. The average Bonchev–Trinajstić information content (AvgIpc) is 1.80. The Bertz CT molecular complexity index is 234. The minimum absolute atomic E-state index is 0.0683. The molecular formula is C4H9NO4S2. The van der Waals surface area contributed by atoms with Crippen molar-refractivity contribution in [3.8, 4) is 0 Å². The molecule has 0 aliphatic heterocycles. The van der Waals surface area contributed by atoms with E-state index >= 15 is 0 Å². The molecule has 0 unspecified atom stereocenters. The van der Waals surface area contributed by atoms with E-state index in [1.807, 2.05) is 0 Å². The van der Waals surface area contributed by atoms with Gasteiger partial charge in [-0.2, -0.15) is 0 Å². The lowest BCUT2D eigenvalue weighted by atomic mass is 10.4. The van der Waals surface area contributed by atoms with Crippen LogP contribution in [0.1, 0.15) is 0 Å². The van der Waals surface area contributed by atoms with Crippen molar-refractivity contribution in [3.63, 3.8) is 0 Å². The fourth-order valence-electron chi connectivity index (χ4n) is 0.274. The normalized spacial score (nSPS) is 14.4. The number of hydrogen-bond donors (Lipinski definition) is 1. The second-order valence-corrected chi connectivity index (χ2v) is 6.51. The van der Waals surface area contributed by atoms with E-state index in [2.05, 4.69) is 5.73 Å². The predicted molar refractivity (Wildman–Crippen MR) is 39.0 cm³/mol. The third kappa shape index (κ3) is 6.14. The van der Waals surface area contributed by atoms with Crippen LogP contribution in [0.5, 0.6) is 0 Å².